The predicted molar refractivity (Wildman–Crippen MR) is 68.3 cm³/mol. The summed E-state index contributed by atoms with van der Waals surface area (Å²) in [6, 6.07) is 8.96. The van der Waals surface area contributed by atoms with Gasteiger partial charge in [-0.25, -0.2) is 0 Å². The first-order valence-electron chi connectivity index (χ1n) is 6.40. The molecule has 84 valence electrons. The lowest BCUT2D eigenvalue weighted by Gasteiger charge is -2.30. The Balaban J connectivity index is 0.000000531. The van der Waals surface area contributed by atoms with Crippen LogP contribution in [0.2, 0.25) is 0 Å². The zero-order valence-corrected chi connectivity index (χ0v) is 10.6. The second-order valence-electron chi connectivity index (χ2n) is 4.23. The highest BCUT2D eigenvalue weighted by Gasteiger charge is 2.24. The van der Waals surface area contributed by atoms with Gasteiger partial charge in [-0.3, -0.25) is 0 Å². The normalized spacial score (nSPS) is 23.7. The average molecular weight is 204 g/mol. The first-order chi connectivity index (χ1) is 7.33. The van der Waals surface area contributed by atoms with Crippen LogP contribution in [0.3, 0.4) is 0 Å². The minimum Gasteiger partial charge on any atom is -0.0683 e. The Hall–Kier alpha value is -0.780. The van der Waals surface area contributed by atoms with Gasteiger partial charge in [-0.2, -0.15) is 0 Å². The van der Waals surface area contributed by atoms with Crippen LogP contribution in [-0.4, -0.2) is 0 Å². The fraction of sp³-hybridized carbons (Fsp3) is 0.600. The molecule has 1 aromatic rings. The molecule has 0 heterocycles. The molecular formula is C15H24. The van der Waals surface area contributed by atoms with E-state index in [1.165, 1.54) is 19.3 Å². The third-order valence-electron chi connectivity index (χ3n) is 3.45. The molecule has 0 nitrogen and oxygen atoms in total. The van der Waals surface area contributed by atoms with Gasteiger partial charge in [-0.05, 0) is 42.2 Å². The highest BCUT2D eigenvalue weighted by molar-refractivity contribution is 5.33. The molecule has 0 saturated heterocycles. The van der Waals surface area contributed by atoms with Crippen LogP contribution < -0.4 is 0 Å². The summed E-state index contributed by atoms with van der Waals surface area (Å²) in [5.74, 6) is 1.69. The van der Waals surface area contributed by atoms with E-state index in [0.717, 1.165) is 11.8 Å². The van der Waals surface area contributed by atoms with Crippen molar-refractivity contribution in [3.8, 4) is 0 Å². The third-order valence-corrected chi connectivity index (χ3v) is 3.45. The summed E-state index contributed by atoms with van der Waals surface area (Å²) in [6.07, 6.45) is 3.95. The van der Waals surface area contributed by atoms with Crippen LogP contribution in [0, 0.1) is 5.92 Å². The minimum absolute atomic E-state index is 0.810. The van der Waals surface area contributed by atoms with Gasteiger partial charge in [0.1, 0.15) is 0 Å². The molecule has 0 N–H and O–H groups in total. The lowest BCUT2D eigenvalue weighted by atomic mass is 9.75. The molecule has 2 rings (SSSR count). The molecule has 1 aromatic carbocycles. The standard InChI is InChI=1S/C13H18.C2H6/c1-3-12-10(2)8-9-11-6-4-5-7-13(11)12;1-2/h4-7,10,12H,3,8-9H2,1-2H3;1-2H3/t10?,12-;/m0./s1. The topological polar surface area (TPSA) is 0 Å². The number of aryl methyl sites for hydroxylation is 1. The van der Waals surface area contributed by atoms with Gasteiger partial charge in [0.15, 0.2) is 0 Å². The largest absolute Gasteiger partial charge is 0.0683 e. The van der Waals surface area contributed by atoms with Gasteiger partial charge < -0.3 is 0 Å². The van der Waals surface area contributed by atoms with Gasteiger partial charge in [0.05, 0.1) is 0 Å². The Morgan fingerprint density at radius 2 is 1.87 bits per heavy atom. The lowest BCUT2D eigenvalue weighted by Crippen LogP contribution is -2.17. The van der Waals surface area contributed by atoms with E-state index in [1.54, 1.807) is 11.1 Å². The zero-order chi connectivity index (χ0) is 11.3. The smallest absolute Gasteiger partial charge is 0.0136 e. The van der Waals surface area contributed by atoms with Crippen LogP contribution >= 0.6 is 0 Å². The summed E-state index contributed by atoms with van der Waals surface area (Å²) in [7, 11) is 0. The number of hydrogen-bond donors (Lipinski definition) is 0. The van der Waals surface area contributed by atoms with Crippen LogP contribution in [-0.2, 0) is 6.42 Å². The minimum atomic E-state index is 0.810. The van der Waals surface area contributed by atoms with Gasteiger partial charge >= 0.3 is 0 Å². The molecule has 0 aromatic heterocycles. The van der Waals surface area contributed by atoms with E-state index in [0.29, 0.717) is 0 Å². The summed E-state index contributed by atoms with van der Waals surface area (Å²) in [5.41, 5.74) is 3.20. The van der Waals surface area contributed by atoms with E-state index in [9.17, 15) is 0 Å². The van der Waals surface area contributed by atoms with Crippen molar-refractivity contribution in [2.24, 2.45) is 5.92 Å². The van der Waals surface area contributed by atoms with Crippen LogP contribution in [0.5, 0.6) is 0 Å². The molecule has 0 amide bonds. The zero-order valence-electron chi connectivity index (χ0n) is 10.6. The van der Waals surface area contributed by atoms with Gasteiger partial charge in [0.2, 0.25) is 0 Å². The molecule has 0 aliphatic heterocycles. The van der Waals surface area contributed by atoms with Crippen molar-refractivity contribution in [1.29, 1.82) is 0 Å². The SMILES string of the molecule is CC.CC[C@@H]1c2ccccc2CCC1C. The van der Waals surface area contributed by atoms with E-state index >= 15 is 0 Å². The van der Waals surface area contributed by atoms with Crippen molar-refractivity contribution in [2.75, 3.05) is 0 Å². The fourth-order valence-corrected chi connectivity index (χ4v) is 2.64. The summed E-state index contributed by atoms with van der Waals surface area (Å²) >= 11 is 0. The second kappa shape index (κ2) is 5.95. The summed E-state index contributed by atoms with van der Waals surface area (Å²) < 4.78 is 0. The Bertz CT molecular complexity index is 288. The number of rotatable bonds is 1. The molecule has 0 fully saturated rings. The van der Waals surface area contributed by atoms with Crippen molar-refractivity contribution in [3.05, 3.63) is 35.4 Å². The second-order valence-corrected chi connectivity index (χ2v) is 4.23. The van der Waals surface area contributed by atoms with Gasteiger partial charge in [0.25, 0.3) is 0 Å². The molecule has 0 spiro atoms. The molecule has 1 aliphatic rings. The summed E-state index contributed by atoms with van der Waals surface area (Å²) in [4.78, 5) is 0. The van der Waals surface area contributed by atoms with Crippen LogP contribution in [0.1, 0.15) is 57.6 Å². The van der Waals surface area contributed by atoms with Crippen molar-refractivity contribution < 1.29 is 0 Å². The molecule has 15 heavy (non-hydrogen) atoms. The molecular weight excluding hydrogens is 180 g/mol. The van der Waals surface area contributed by atoms with Gasteiger partial charge in [-0.1, -0.05) is 52.0 Å². The van der Waals surface area contributed by atoms with Crippen molar-refractivity contribution in [2.45, 2.75) is 52.9 Å². The molecule has 1 unspecified atom stereocenters. The maximum Gasteiger partial charge on any atom is -0.0136 e. The first-order valence-corrected chi connectivity index (χ1v) is 6.40. The Morgan fingerprint density at radius 1 is 1.20 bits per heavy atom. The van der Waals surface area contributed by atoms with Crippen molar-refractivity contribution in [1.82, 2.24) is 0 Å². The predicted octanol–water partition coefficient (Wildman–Crippen LogP) is 4.79. The van der Waals surface area contributed by atoms with E-state index in [-0.39, 0.29) is 0 Å². The van der Waals surface area contributed by atoms with E-state index in [1.807, 2.05) is 13.8 Å². The Kier molecular flexibility index (Phi) is 4.87. The number of benzene rings is 1. The molecule has 2 atom stereocenters. The molecule has 0 saturated carbocycles. The van der Waals surface area contributed by atoms with E-state index < -0.39 is 0 Å². The van der Waals surface area contributed by atoms with Crippen LogP contribution in [0.25, 0.3) is 0 Å². The number of fused-ring (bicyclic) bond motifs is 1. The first kappa shape index (κ1) is 12.3. The van der Waals surface area contributed by atoms with Crippen LogP contribution in [0.4, 0.5) is 0 Å². The van der Waals surface area contributed by atoms with Gasteiger partial charge in [0, 0.05) is 0 Å². The van der Waals surface area contributed by atoms with Crippen LogP contribution in [0.15, 0.2) is 24.3 Å². The maximum absolute atomic E-state index is 2.39. The highest BCUT2D eigenvalue weighted by atomic mass is 14.3. The lowest BCUT2D eigenvalue weighted by molar-refractivity contribution is 0.394. The van der Waals surface area contributed by atoms with Crippen molar-refractivity contribution in [3.63, 3.8) is 0 Å². The Labute approximate surface area is 94.7 Å². The van der Waals surface area contributed by atoms with E-state index in [4.69, 9.17) is 0 Å². The monoisotopic (exact) mass is 204 g/mol. The quantitative estimate of drug-likeness (QED) is 0.617. The fourth-order valence-electron chi connectivity index (χ4n) is 2.64. The average Bonchev–Trinajstić information content (AvgIpc) is 2.32. The molecule has 0 radical (unpaired) electrons. The van der Waals surface area contributed by atoms with Crippen molar-refractivity contribution >= 4 is 0 Å². The molecule has 0 heteroatoms. The molecule has 0 bridgehead atoms. The van der Waals surface area contributed by atoms with Gasteiger partial charge in [-0.15, -0.1) is 0 Å². The molecule has 1 aliphatic carbocycles. The summed E-state index contributed by atoms with van der Waals surface area (Å²) in [5, 5.41) is 0. The highest BCUT2D eigenvalue weighted by Crippen LogP contribution is 2.37. The number of hydrogen-bond acceptors (Lipinski definition) is 0. The third kappa shape index (κ3) is 2.62. The Morgan fingerprint density at radius 3 is 2.53 bits per heavy atom. The maximum atomic E-state index is 2.39. The summed E-state index contributed by atoms with van der Waals surface area (Å²) in [6.45, 7) is 8.70. The van der Waals surface area contributed by atoms with E-state index in [2.05, 4.69) is 38.1 Å².